The molecule has 0 aliphatic carbocycles. The van der Waals surface area contributed by atoms with Gasteiger partial charge in [-0.25, -0.2) is 9.37 Å². The van der Waals surface area contributed by atoms with E-state index in [2.05, 4.69) is 69.6 Å². The van der Waals surface area contributed by atoms with Gasteiger partial charge >= 0.3 is 0 Å². The first-order valence-corrected chi connectivity index (χ1v) is 12.3. The molecule has 1 N–H and O–H groups in total. The second-order valence-electron chi connectivity index (χ2n) is 8.29. The van der Waals surface area contributed by atoms with Crippen LogP contribution in [-0.2, 0) is 11.3 Å². The van der Waals surface area contributed by atoms with Gasteiger partial charge in [0.1, 0.15) is 11.6 Å². The largest absolute Gasteiger partial charge is 0.383 e. The number of halogens is 3. The van der Waals surface area contributed by atoms with Gasteiger partial charge in [0.2, 0.25) is 0 Å². The summed E-state index contributed by atoms with van der Waals surface area (Å²) in [6.07, 6.45) is 0. The van der Waals surface area contributed by atoms with Crippen LogP contribution in [0.5, 0.6) is 0 Å². The van der Waals surface area contributed by atoms with E-state index in [1.807, 2.05) is 19.1 Å². The van der Waals surface area contributed by atoms with Crippen molar-refractivity contribution in [3.05, 3.63) is 99.4 Å². The second kappa shape index (κ2) is 10.8. The first-order chi connectivity index (χ1) is 16.8. The molecule has 4 nitrogen and oxygen atoms in total. The third-order valence-electron chi connectivity index (χ3n) is 5.85. The summed E-state index contributed by atoms with van der Waals surface area (Å²) in [4.78, 5) is 4.89. The highest BCUT2D eigenvalue weighted by atomic mass is 79.9. The van der Waals surface area contributed by atoms with Crippen molar-refractivity contribution in [2.75, 3.05) is 13.7 Å². The number of aromatic nitrogens is 2. The van der Waals surface area contributed by atoms with Crippen molar-refractivity contribution in [2.45, 2.75) is 20.4 Å². The van der Waals surface area contributed by atoms with Crippen molar-refractivity contribution in [2.24, 2.45) is 0 Å². The van der Waals surface area contributed by atoms with Gasteiger partial charge in [-0.3, -0.25) is 0 Å². The van der Waals surface area contributed by atoms with Crippen LogP contribution >= 0.6 is 27.5 Å². The summed E-state index contributed by atoms with van der Waals surface area (Å²) in [6, 6.07) is 19.0. The molecule has 4 rings (SSSR count). The summed E-state index contributed by atoms with van der Waals surface area (Å²) in [5.74, 6) is 0.472. The van der Waals surface area contributed by atoms with Crippen molar-refractivity contribution in [3.63, 3.8) is 0 Å². The smallest absolute Gasteiger partial charge is 0.141 e. The molecule has 0 spiro atoms. The number of hydrogen-bond acceptors (Lipinski definition) is 3. The SMILES string of the molecule is C=C(N/C(Br)=C(\C)c1ccc(-c2nc3ccc(C)cc3n2CCOC)cc1)c1c(F)cccc1Cl. The van der Waals surface area contributed by atoms with Crippen molar-refractivity contribution in [1.29, 1.82) is 0 Å². The Labute approximate surface area is 218 Å². The third-order valence-corrected chi connectivity index (χ3v) is 6.96. The van der Waals surface area contributed by atoms with E-state index in [1.165, 1.54) is 11.6 Å². The van der Waals surface area contributed by atoms with Gasteiger partial charge in [0, 0.05) is 24.9 Å². The molecular formula is C28H26BrClFN3O. The van der Waals surface area contributed by atoms with Gasteiger partial charge in [0.25, 0.3) is 0 Å². The lowest BCUT2D eigenvalue weighted by molar-refractivity contribution is 0.188. The van der Waals surface area contributed by atoms with Gasteiger partial charge in [-0.2, -0.15) is 0 Å². The van der Waals surface area contributed by atoms with E-state index in [4.69, 9.17) is 21.3 Å². The Kier molecular flexibility index (Phi) is 7.75. The fraction of sp³-hybridized carbons (Fsp3) is 0.179. The Bertz CT molecular complexity index is 1410. The minimum Gasteiger partial charge on any atom is -0.383 e. The van der Waals surface area contributed by atoms with Crippen LogP contribution in [0.3, 0.4) is 0 Å². The molecule has 1 aromatic heterocycles. The maximum atomic E-state index is 14.3. The lowest BCUT2D eigenvalue weighted by Crippen LogP contribution is -2.10. The number of benzene rings is 3. The number of rotatable bonds is 8. The number of nitrogens with one attached hydrogen (secondary N) is 1. The van der Waals surface area contributed by atoms with E-state index in [-0.39, 0.29) is 5.56 Å². The maximum Gasteiger partial charge on any atom is 0.141 e. The van der Waals surface area contributed by atoms with Gasteiger partial charge in [0.15, 0.2) is 0 Å². The van der Waals surface area contributed by atoms with Gasteiger partial charge in [-0.1, -0.05) is 54.6 Å². The Hall–Kier alpha value is -2.93. The molecule has 1 heterocycles. The highest BCUT2D eigenvalue weighted by Gasteiger charge is 2.15. The summed E-state index contributed by atoms with van der Waals surface area (Å²) in [7, 11) is 1.70. The molecule has 7 heteroatoms. The Morgan fingerprint density at radius 2 is 1.91 bits per heavy atom. The molecule has 0 atom stereocenters. The van der Waals surface area contributed by atoms with E-state index >= 15 is 0 Å². The minimum atomic E-state index is -0.427. The molecule has 0 bridgehead atoms. The van der Waals surface area contributed by atoms with Gasteiger partial charge in [0.05, 0.1) is 32.8 Å². The second-order valence-corrected chi connectivity index (χ2v) is 9.49. The molecule has 0 amide bonds. The van der Waals surface area contributed by atoms with E-state index in [9.17, 15) is 4.39 Å². The molecule has 0 aliphatic heterocycles. The lowest BCUT2D eigenvalue weighted by Gasteiger charge is -2.14. The fourth-order valence-corrected chi connectivity index (χ4v) is 4.68. The van der Waals surface area contributed by atoms with Crippen LogP contribution in [0.4, 0.5) is 4.39 Å². The average Bonchev–Trinajstić information content (AvgIpc) is 3.19. The zero-order valence-electron chi connectivity index (χ0n) is 19.8. The Balaban J connectivity index is 1.63. The Morgan fingerprint density at radius 1 is 1.17 bits per heavy atom. The van der Waals surface area contributed by atoms with E-state index in [0.717, 1.165) is 33.6 Å². The summed E-state index contributed by atoms with van der Waals surface area (Å²) >= 11 is 9.75. The van der Waals surface area contributed by atoms with Crippen LogP contribution in [-0.4, -0.2) is 23.3 Å². The van der Waals surface area contributed by atoms with Gasteiger partial charge in [-0.15, -0.1) is 0 Å². The predicted octanol–water partition coefficient (Wildman–Crippen LogP) is 7.79. The summed E-state index contributed by atoms with van der Waals surface area (Å²) in [6.45, 7) is 9.32. The first kappa shape index (κ1) is 25.2. The third kappa shape index (κ3) is 5.35. The minimum absolute atomic E-state index is 0.250. The molecular weight excluding hydrogens is 529 g/mol. The number of imidazole rings is 1. The van der Waals surface area contributed by atoms with Gasteiger partial charge < -0.3 is 14.6 Å². The van der Waals surface area contributed by atoms with Crippen LogP contribution < -0.4 is 5.32 Å². The molecule has 4 aromatic rings. The van der Waals surface area contributed by atoms with Crippen molar-refractivity contribution in [1.82, 2.24) is 14.9 Å². The number of nitrogens with zero attached hydrogens (tertiary/aromatic N) is 2. The van der Waals surface area contributed by atoms with Crippen LogP contribution in [0.15, 0.2) is 71.8 Å². The number of methoxy groups -OCH3 is 1. The molecule has 0 radical (unpaired) electrons. The molecule has 0 saturated heterocycles. The average molecular weight is 555 g/mol. The summed E-state index contributed by atoms with van der Waals surface area (Å²) < 4.78 is 22.5. The lowest BCUT2D eigenvalue weighted by atomic mass is 10.1. The zero-order chi connectivity index (χ0) is 25.1. The predicted molar refractivity (Wildman–Crippen MR) is 147 cm³/mol. The summed E-state index contributed by atoms with van der Waals surface area (Å²) in [5, 5.41) is 3.43. The Morgan fingerprint density at radius 3 is 2.60 bits per heavy atom. The standard InChI is InChI=1S/C28H26BrClFN3O/c1-17-8-13-24-25(16-17)34(14-15-35-4)28(33-24)21-11-9-20(10-12-21)18(2)27(29)32-19(3)26-22(30)6-5-7-23(26)31/h5-13,16,32H,3,14-15H2,1-2,4H3/b27-18+. The van der Waals surface area contributed by atoms with Crippen molar-refractivity contribution < 1.29 is 9.13 Å². The van der Waals surface area contributed by atoms with Crippen LogP contribution in [0.2, 0.25) is 5.02 Å². The molecule has 0 unspecified atom stereocenters. The first-order valence-electron chi connectivity index (χ1n) is 11.1. The van der Waals surface area contributed by atoms with Crippen LogP contribution in [0.1, 0.15) is 23.6 Å². The monoisotopic (exact) mass is 553 g/mol. The normalized spacial score (nSPS) is 12.1. The van der Waals surface area contributed by atoms with E-state index in [0.29, 0.717) is 28.5 Å². The quantitative estimate of drug-likeness (QED) is 0.226. The number of allylic oxidation sites excluding steroid dienone is 1. The number of ether oxygens (including phenoxy) is 1. The van der Waals surface area contributed by atoms with E-state index in [1.54, 1.807) is 19.2 Å². The van der Waals surface area contributed by atoms with E-state index < -0.39 is 5.82 Å². The summed E-state index contributed by atoms with van der Waals surface area (Å²) in [5.41, 5.74) is 6.81. The molecule has 0 saturated carbocycles. The molecule has 35 heavy (non-hydrogen) atoms. The fourth-order valence-electron chi connectivity index (χ4n) is 3.93. The molecule has 180 valence electrons. The number of fused-ring (bicyclic) bond motifs is 1. The van der Waals surface area contributed by atoms with Gasteiger partial charge in [-0.05, 0) is 70.7 Å². The maximum absolute atomic E-state index is 14.3. The highest BCUT2D eigenvalue weighted by Crippen LogP contribution is 2.30. The molecule has 0 fully saturated rings. The van der Waals surface area contributed by atoms with Crippen LogP contribution in [0.25, 0.3) is 33.7 Å². The highest BCUT2D eigenvalue weighted by molar-refractivity contribution is 9.11. The zero-order valence-corrected chi connectivity index (χ0v) is 22.2. The topological polar surface area (TPSA) is 39.1 Å². The van der Waals surface area contributed by atoms with Crippen molar-refractivity contribution in [3.8, 4) is 11.4 Å². The van der Waals surface area contributed by atoms with Crippen molar-refractivity contribution >= 4 is 49.8 Å². The number of aryl methyl sites for hydroxylation is 1. The molecule has 0 aliphatic rings. The molecule has 3 aromatic carbocycles. The van der Waals surface area contributed by atoms with Crippen LogP contribution in [0, 0.1) is 12.7 Å². The number of hydrogen-bond donors (Lipinski definition) is 1.